The molecule has 0 radical (unpaired) electrons. The van der Waals surface area contributed by atoms with E-state index in [1.54, 1.807) is 27.7 Å². The molecule has 0 aromatic carbocycles. The minimum absolute atomic E-state index is 0. The van der Waals surface area contributed by atoms with Gasteiger partial charge in [0.2, 0.25) is 12.8 Å². The summed E-state index contributed by atoms with van der Waals surface area (Å²) >= 11 is 0. The van der Waals surface area contributed by atoms with E-state index >= 15 is 0 Å². The lowest BCUT2D eigenvalue weighted by molar-refractivity contribution is -0.112. The van der Waals surface area contributed by atoms with Gasteiger partial charge in [0.15, 0.2) is 0 Å². The number of nitrogens with one attached hydrogen (secondary N) is 2. The van der Waals surface area contributed by atoms with Crippen molar-refractivity contribution in [2.24, 2.45) is 10.2 Å². The number of carbonyl (C=O) groups is 2. The molecular formula is C8H18Cl2N4O2. The summed E-state index contributed by atoms with van der Waals surface area (Å²) in [7, 11) is 0. The molecule has 0 aliphatic carbocycles. The van der Waals surface area contributed by atoms with Gasteiger partial charge in [0.05, 0.1) is 0 Å². The Morgan fingerprint density at radius 1 is 0.812 bits per heavy atom. The normalized spacial score (nSPS) is 11.0. The summed E-state index contributed by atoms with van der Waals surface area (Å²) in [5.74, 6) is 0. The monoisotopic (exact) mass is 272 g/mol. The second-order valence-electron chi connectivity index (χ2n) is 3.84. The number of hydrogen-bond donors (Lipinski definition) is 2. The third-order valence-electron chi connectivity index (χ3n) is 1.37. The molecule has 8 heteroatoms. The van der Waals surface area contributed by atoms with E-state index in [2.05, 4.69) is 20.9 Å². The first-order valence-electron chi connectivity index (χ1n) is 4.20. The highest BCUT2D eigenvalue weighted by Crippen LogP contribution is 2.10. The Morgan fingerprint density at radius 2 is 1.06 bits per heavy atom. The number of amides is 2. The van der Waals surface area contributed by atoms with Crippen molar-refractivity contribution < 1.29 is 9.59 Å². The van der Waals surface area contributed by atoms with Crippen LogP contribution in [0.4, 0.5) is 0 Å². The molecule has 0 aromatic rings. The summed E-state index contributed by atoms with van der Waals surface area (Å²) in [4.78, 5) is 20.4. The molecule has 16 heavy (non-hydrogen) atoms. The molecule has 0 aliphatic heterocycles. The fourth-order valence-corrected chi connectivity index (χ4v) is 0.596. The van der Waals surface area contributed by atoms with Gasteiger partial charge >= 0.3 is 0 Å². The molecular weight excluding hydrogens is 255 g/mol. The lowest BCUT2D eigenvalue weighted by atomic mass is 10.2. The number of halogens is 2. The Labute approximate surface area is 107 Å². The van der Waals surface area contributed by atoms with Gasteiger partial charge in [-0.05, 0) is 27.7 Å². The largest absolute Gasteiger partial charge is 0.333 e. The summed E-state index contributed by atoms with van der Waals surface area (Å²) in [5.41, 5.74) is -1.52. The SMILES string of the molecule is CC(C)(N=NC(C)(C)NC=O)NC=O.Cl.Cl. The Bertz CT molecular complexity index is 220. The molecule has 0 saturated heterocycles. The first kappa shape index (κ1) is 20.5. The smallest absolute Gasteiger partial charge is 0.209 e. The molecule has 0 saturated carbocycles. The van der Waals surface area contributed by atoms with Gasteiger partial charge in [-0.1, -0.05) is 0 Å². The van der Waals surface area contributed by atoms with E-state index in [0.717, 1.165) is 0 Å². The van der Waals surface area contributed by atoms with Gasteiger partial charge in [0.1, 0.15) is 11.3 Å². The number of rotatable bonds is 6. The van der Waals surface area contributed by atoms with E-state index in [9.17, 15) is 9.59 Å². The molecule has 0 aliphatic rings. The minimum Gasteiger partial charge on any atom is -0.333 e. The van der Waals surface area contributed by atoms with Crippen molar-refractivity contribution in [3.63, 3.8) is 0 Å². The molecule has 0 fully saturated rings. The van der Waals surface area contributed by atoms with Gasteiger partial charge in [0.25, 0.3) is 0 Å². The average molecular weight is 273 g/mol. The van der Waals surface area contributed by atoms with Crippen LogP contribution in [0.3, 0.4) is 0 Å². The van der Waals surface area contributed by atoms with Crippen LogP contribution in [0, 0.1) is 0 Å². The predicted molar refractivity (Wildman–Crippen MR) is 65.9 cm³/mol. The molecule has 0 heterocycles. The third kappa shape index (κ3) is 9.67. The minimum atomic E-state index is -0.760. The molecule has 0 rings (SSSR count). The Kier molecular flexibility index (Phi) is 10.6. The second kappa shape index (κ2) is 8.29. The summed E-state index contributed by atoms with van der Waals surface area (Å²) in [6.45, 7) is 6.79. The zero-order valence-corrected chi connectivity index (χ0v) is 11.3. The highest BCUT2D eigenvalue weighted by Gasteiger charge is 2.19. The Hall–Kier alpha value is -0.880. The van der Waals surface area contributed by atoms with Gasteiger partial charge in [-0.25, -0.2) is 0 Å². The number of azo groups is 1. The van der Waals surface area contributed by atoms with Crippen LogP contribution in [0.5, 0.6) is 0 Å². The molecule has 0 spiro atoms. The third-order valence-corrected chi connectivity index (χ3v) is 1.37. The first-order chi connectivity index (χ1) is 6.33. The fourth-order valence-electron chi connectivity index (χ4n) is 0.596. The maximum Gasteiger partial charge on any atom is 0.209 e. The summed E-state index contributed by atoms with van der Waals surface area (Å²) in [5, 5.41) is 12.8. The van der Waals surface area contributed by atoms with Crippen LogP contribution in [0.1, 0.15) is 27.7 Å². The molecule has 6 nitrogen and oxygen atoms in total. The average Bonchev–Trinajstić information content (AvgIpc) is 2.01. The van der Waals surface area contributed by atoms with Crippen molar-refractivity contribution in [3.05, 3.63) is 0 Å². The van der Waals surface area contributed by atoms with E-state index in [-0.39, 0.29) is 24.8 Å². The highest BCUT2D eigenvalue weighted by molar-refractivity contribution is 5.85. The number of hydrogen-bond acceptors (Lipinski definition) is 4. The van der Waals surface area contributed by atoms with Crippen LogP contribution in [0.15, 0.2) is 10.2 Å². The molecule has 0 atom stereocenters. The maximum atomic E-state index is 10.2. The maximum absolute atomic E-state index is 10.2. The van der Waals surface area contributed by atoms with Crippen LogP contribution in [0.25, 0.3) is 0 Å². The standard InChI is InChI=1S/C8H16N4O2.2ClH/c1-7(2,9-5-13)11-12-8(3,4)10-6-14;;/h5-6H,1-4H3,(H,9,13)(H,10,14);2*1H. The molecule has 0 bridgehead atoms. The van der Waals surface area contributed by atoms with Gasteiger partial charge < -0.3 is 10.6 Å². The van der Waals surface area contributed by atoms with Crippen molar-refractivity contribution in [1.29, 1.82) is 0 Å². The van der Waals surface area contributed by atoms with Crippen molar-refractivity contribution in [2.45, 2.75) is 39.0 Å². The van der Waals surface area contributed by atoms with Gasteiger partial charge in [-0.3, -0.25) is 9.59 Å². The zero-order chi connectivity index (χ0) is 11.2. The van der Waals surface area contributed by atoms with Crippen LogP contribution in [-0.2, 0) is 9.59 Å². The van der Waals surface area contributed by atoms with E-state index in [1.807, 2.05) is 0 Å². The molecule has 96 valence electrons. The second-order valence-corrected chi connectivity index (χ2v) is 3.84. The van der Waals surface area contributed by atoms with E-state index < -0.39 is 11.3 Å². The van der Waals surface area contributed by atoms with Crippen molar-refractivity contribution in [1.82, 2.24) is 10.6 Å². The van der Waals surface area contributed by atoms with Crippen molar-refractivity contribution in [2.75, 3.05) is 0 Å². The summed E-state index contributed by atoms with van der Waals surface area (Å²) in [6.07, 6.45) is 1.11. The number of carbonyl (C=O) groups excluding carboxylic acids is 2. The molecule has 0 aromatic heterocycles. The van der Waals surface area contributed by atoms with Crippen LogP contribution in [-0.4, -0.2) is 24.1 Å². The quantitative estimate of drug-likeness (QED) is 0.564. The zero-order valence-electron chi connectivity index (χ0n) is 9.68. The lowest BCUT2D eigenvalue weighted by Gasteiger charge is -2.21. The van der Waals surface area contributed by atoms with Crippen molar-refractivity contribution >= 4 is 37.6 Å². The topological polar surface area (TPSA) is 82.9 Å². The summed E-state index contributed by atoms with van der Waals surface area (Å²) < 4.78 is 0. The molecule has 2 amide bonds. The predicted octanol–water partition coefficient (Wildman–Crippen LogP) is 1.25. The first-order valence-corrected chi connectivity index (χ1v) is 4.20. The van der Waals surface area contributed by atoms with Gasteiger partial charge in [-0.2, -0.15) is 10.2 Å². The van der Waals surface area contributed by atoms with Crippen LogP contribution < -0.4 is 10.6 Å². The summed E-state index contributed by atoms with van der Waals surface area (Å²) in [6, 6.07) is 0. The number of nitrogens with zero attached hydrogens (tertiary/aromatic N) is 2. The molecule has 0 unspecified atom stereocenters. The van der Waals surface area contributed by atoms with E-state index in [1.165, 1.54) is 0 Å². The highest BCUT2D eigenvalue weighted by atomic mass is 35.5. The van der Waals surface area contributed by atoms with Crippen LogP contribution in [0.2, 0.25) is 0 Å². The Morgan fingerprint density at radius 3 is 1.25 bits per heavy atom. The van der Waals surface area contributed by atoms with Crippen LogP contribution >= 0.6 is 24.8 Å². The fraction of sp³-hybridized carbons (Fsp3) is 0.750. The molecule has 2 N–H and O–H groups in total. The van der Waals surface area contributed by atoms with Gasteiger partial charge in [0, 0.05) is 0 Å². The van der Waals surface area contributed by atoms with Gasteiger partial charge in [-0.15, -0.1) is 24.8 Å². The van der Waals surface area contributed by atoms with E-state index in [4.69, 9.17) is 0 Å². The van der Waals surface area contributed by atoms with Crippen molar-refractivity contribution in [3.8, 4) is 0 Å². The lowest BCUT2D eigenvalue weighted by Crippen LogP contribution is -2.39. The Balaban J connectivity index is -0.000000845. The van der Waals surface area contributed by atoms with E-state index in [0.29, 0.717) is 12.8 Å².